The second kappa shape index (κ2) is 13.0. The molecule has 0 aromatic carbocycles. The van der Waals surface area contributed by atoms with Crippen molar-refractivity contribution in [3.8, 4) is 0 Å². The molecule has 0 spiro atoms. The molecule has 0 amide bonds. The van der Waals surface area contributed by atoms with E-state index in [0.29, 0.717) is 32.1 Å². The Labute approximate surface area is 156 Å². The van der Waals surface area contributed by atoms with Crippen LogP contribution in [0.3, 0.4) is 0 Å². The number of carboxylic acids is 1. The first-order valence-corrected chi connectivity index (χ1v) is 9.68. The lowest BCUT2D eigenvalue weighted by molar-refractivity contribution is -0.137. The zero-order chi connectivity index (χ0) is 19.4. The molecule has 0 aromatic heterocycles. The average molecular weight is 370 g/mol. The number of hydrogen-bond acceptors (Lipinski definition) is 5. The average Bonchev–Trinajstić information content (AvgIpc) is 2.97. The fourth-order valence-electron chi connectivity index (χ4n) is 2.96. The van der Waals surface area contributed by atoms with Gasteiger partial charge in [-0.3, -0.25) is 4.79 Å². The minimum Gasteiger partial charge on any atom is -0.481 e. The van der Waals surface area contributed by atoms with Crippen molar-refractivity contribution in [3.05, 3.63) is 24.3 Å². The van der Waals surface area contributed by atoms with Crippen LogP contribution in [0.5, 0.6) is 0 Å². The monoisotopic (exact) mass is 370 g/mol. The number of unbranched alkanes of at least 4 members (excludes halogenated alkanes) is 3. The van der Waals surface area contributed by atoms with Gasteiger partial charge >= 0.3 is 5.97 Å². The summed E-state index contributed by atoms with van der Waals surface area (Å²) in [6.45, 7) is 2.11. The maximum Gasteiger partial charge on any atom is 0.303 e. The maximum absolute atomic E-state index is 10.4. The standard InChI is InChI=1S/C20H34O6/c1-2-3-6-9-15(21)12-13-18-17(23)14-19(26-18)16(22)10-7-4-5-8-11-20(24)25/h4,7,12-13,15-19,21-23H,2-3,5-6,8-11,14H2,1H3,(H,24,25). The van der Waals surface area contributed by atoms with E-state index in [0.717, 1.165) is 19.3 Å². The van der Waals surface area contributed by atoms with Gasteiger partial charge in [-0.25, -0.2) is 0 Å². The number of carbonyl (C=O) groups is 1. The summed E-state index contributed by atoms with van der Waals surface area (Å²) >= 11 is 0. The Morgan fingerprint density at radius 3 is 2.69 bits per heavy atom. The summed E-state index contributed by atoms with van der Waals surface area (Å²) in [5.41, 5.74) is 0. The Morgan fingerprint density at radius 1 is 1.23 bits per heavy atom. The van der Waals surface area contributed by atoms with Crippen molar-refractivity contribution in [2.45, 2.75) is 95.2 Å². The molecule has 5 unspecified atom stereocenters. The number of carboxylic acid groups (broad SMARTS) is 1. The highest BCUT2D eigenvalue weighted by atomic mass is 16.5. The zero-order valence-electron chi connectivity index (χ0n) is 15.7. The number of aliphatic carboxylic acids is 1. The van der Waals surface area contributed by atoms with Gasteiger partial charge in [0.2, 0.25) is 0 Å². The summed E-state index contributed by atoms with van der Waals surface area (Å²) in [5.74, 6) is -0.804. The van der Waals surface area contributed by atoms with Gasteiger partial charge in [0.15, 0.2) is 0 Å². The Balaban J connectivity index is 2.30. The first kappa shape index (κ1) is 22.8. The molecule has 1 fully saturated rings. The van der Waals surface area contributed by atoms with Gasteiger partial charge in [-0.2, -0.15) is 0 Å². The number of aliphatic hydroxyl groups excluding tert-OH is 3. The van der Waals surface area contributed by atoms with Gasteiger partial charge in [0.05, 0.1) is 24.4 Å². The van der Waals surface area contributed by atoms with Crippen LogP contribution in [0.4, 0.5) is 0 Å². The SMILES string of the molecule is CCCCCC(O)C=CC1OC(C(O)CC=CCCCC(=O)O)CC1O. The number of ether oxygens (including phenoxy) is 1. The van der Waals surface area contributed by atoms with Crippen molar-refractivity contribution < 1.29 is 30.0 Å². The smallest absolute Gasteiger partial charge is 0.303 e. The Hall–Kier alpha value is -1.21. The largest absolute Gasteiger partial charge is 0.481 e. The fraction of sp³-hybridized carbons (Fsp3) is 0.750. The second-order valence-electron chi connectivity index (χ2n) is 6.95. The molecule has 0 bridgehead atoms. The minimum absolute atomic E-state index is 0.142. The molecular formula is C20H34O6. The van der Waals surface area contributed by atoms with E-state index in [-0.39, 0.29) is 6.42 Å². The van der Waals surface area contributed by atoms with Crippen LogP contribution in [0.2, 0.25) is 0 Å². The Bertz CT molecular complexity index is 448. The summed E-state index contributed by atoms with van der Waals surface area (Å²) in [7, 11) is 0. The predicted octanol–water partition coefficient (Wildman–Crippen LogP) is 2.56. The van der Waals surface area contributed by atoms with Crippen molar-refractivity contribution in [2.24, 2.45) is 0 Å². The lowest BCUT2D eigenvalue weighted by Gasteiger charge is -2.16. The molecule has 0 saturated carbocycles. The van der Waals surface area contributed by atoms with E-state index in [4.69, 9.17) is 9.84 Å². The summed E-state index contributed by atoms with van der Waals surface area (Å²) in [4.78, 5) is 10.4. The van der Waals surface area contributed by atoms with Gasteiger partial charge in [-0.1, -0.05) is 50.5 Å². The van der Waals surface area contributed by atoms with Crippen LogP contribution in [0, 0.1) is 0 Å². The van der Waals surface area contributed by atoms with Crippen molar-refractivity contribution >= 4 is 5.97 Å². The van der Waals surface area contributed by atoms with E-state index in [1.807, 2.05) is 12.2 Å². The molecular weight excluding hydrogens is 336 g/mol. The minimum atomic E-state index is -0.804. The van der Waals surface area contributed by atoms with E-state index in [1.54, 1.807) is 12.2 Å². The number of hydrogen-bond donors (Lipinski definition) is 4. The van der Waals surface area contributed by atoms with E-state index in [1.165, 1.54) is 0 Å². The third-order valence-corrected chi connectivity index (χ3v) is 4.55. The predicted molar refractivity (Wildman–Crippen MR) is 99.8 cm³/mol. The van der Waals surface area contributed by atoms with Crippen LogP contribution in [-0.2, 0) is 9.53 Å². The van der Waals surface area contributed by atoms with Crippen molar-refractivity contribution in [3.63, 3.8) is 0 Å². The quantitative estimate of drug-likeness (QED) is 0.293. The molecule has 1 saturated heterocycles. The summed E-state index contributed by atoms with van der Waals surface area (Å²) in [5, 5.41) is 38.7. The third-order valence-electron chi connectivity index (χ3n) is 4.55. The molecule has 0 aromatic rings. The molecule has 1 rings (SSSR count). The highest BCUT2D eigenvalue weighted by Gasteiger charge is 2.35. The van der Waals surface area contributed by atoms with Crippen LogP contribution in [-0.4, -0.2) is 56.9 Å². The van der Waals surface area contributed by atoms with E-state index in [2.05, 4.69) is 6.92 Å². The van der Waals surface area contributed by atoms with Gasteiger partial charge in [0.1, 0.15) is 6.10 Å². The van der Waals surface area contributed by atoms with Gasteiger partial charge in [-0.05, 0) is 25.7 Å². The molecule has 6 nitrogen and oxygen atoms in total. The molecule has 6 heteroatoms. The van der Waals surface area contributed by atoms with Gasteiger partial charge in [0.25, 0.3) is 0 Å². The summed E-state index contributed by atoms with van der Waals surface area (Å²) < 4.78 is 5.71. The third kappa shape index (κ3) is 9.48. The number of allylic oxidation sites excluding steroid dienone is 1. The Kier molecular flexibility index (Phi) is 11.4. The molecule has 1 aliphatic heterocycles. The van der Waals surface area contributed by atoms with Gasteiger partial charge in [0, 0.05) is 12.8 Å². The molecule has 0 aliphatic carbocycles. The molecule has 5 atom stereocenters. The lowest BCUT2D eigenvalue weighted by Crippen LogP contribution is -2.25. The fourth-order valence-corrected chi connectivity index (χ4v) is 2.96. The van der Waals surface area contributed by atoms with Crippen LogP contribution in [0.25, 0.3) is 0 Å². The number of aliphatic hydroxyl groups is 3. The van der Waals surface area contributed by atoms with Crippen LogP contribution >= 0.6 is 0 Å². The summed E-state index contributed by atoms with van der Waals surface area (Å²) in [6, 6.07) is 0. The van der Waals surface area contributed by atoms with Crippen molar-refractivity contribution in [1.82, 2.24) is 0 Å². The maximum atomic E-state index is 10.4. The molecule has 26 heavy (non-hydrogen) atoms. The van der Waals surface area contributed by atoms with E-state index >= 15 is 0 Å². The topological polar surface area (TPSA) is 107 Å². The van der Waals surface area contributed by atoms with Gasteiger partial charge in [-0.15, -0.1) is 0 Å². The second-order valence-corrected chi connectivity index (χ2v) is 6.95. The van der Waals surface area contributed by atoms with Crippen molar-refractivity contribution in [1.29, 1.82) is 0 Å². The molecule has 4 N–H and O–H groups in total. The first-order valence-electron chi connectivity index (χ1n) is 9.68. The summed E-state index contributed by atoms with van der Waals surface area (Å²) in [6.07, 6.45) is 10.2. The Morgan fingerprint density at radius 2 is 2.00 bits per heavy atom. The zero-order valence-corrected chi connectivity index (χ0v) is 15.7. The lowest BCUT2D eigenvalue weighted by atomic mass is 10.0. The molecule has 1 heterocycles. The molecule has 150 valence electrons. The molecule has 1 aliphatic rings. The van der Waals surface area contributed by atoms with Crippen LogP contribution < -0.4 is 0 Å². The highest BCUT2D eigenvalue weighted by molar-refractivity contribution is 5.66. The highest BCUT2D eigenvalue weighted by Crippen LogP contribution is 2.25. The van der Waals surface area contributed by atoms with E-state index in [9.17, 15) is 20.1 Å². The van der Waals surface area contributed by atoms with E-state index < -0.39 is 36.5 Å². The van der Waals surface area contributed by atoms with Crippen LogP contribution in [0.15, 0.2) is 24.3 Å². The molecule has 0 radical (unpaired) electrons. The van der Waals surface area contributed by atoms with Crippen molar-refractivity contribution in [2.75, 3.05) is 0 Å². The van der Waals surface area contributed by atoms with Gasteiger partial charge < -0.3 is 25.2 Å². The first-order chi connectivity index (χ1) is 12.4. The number of rotatable bonds is 13. The normalized spacial score (nSPS) is 25.9. The van der Waals surface area contributed by atoms with Crippen LogP contribution in [0.1, 0.15) is 64.7 Å².